The summed E-state index contributed by atoms with van der Waals surface area (Å²) in [6.45, 7) is 11.8. The van der Waals surface area contributed by atoms with Crippen LogP contribution in [0.4, 0.5) is 0 Å². The number of hydrogen-bond acceptors (Lipinski definition) is 2. The highest BCUT2D eigenvalue weighted by atomic mass is 32.2. The fraction of sp³-hybridized carbons (Fsp3) is 0.833. The van der Waals surface area contributed by atoms with Gasteiger partial charge >= 0.3 is 0 Å². The molecular formula is C12H23NS. The maximum absolute atomic E-state index is 3.47. The van der Waals surface area contributed by atoms with Crippen LogP contribution in [0.2, 0.25) is 0 Å². The van der Waals surface area contributed by atoms with Gasteiger partial charge < -0.3 is 5.32 Å². The first-order chi connectivity index (χ1) is 6.49. The van der Waals surface area contributed by atoms with Gasteiger partial charge in [0, 0.05) is 23.0 Å². The summed E-state index contributed by atoms with van der Waals surface area (Å²) >= 11 is 2.00. The van der Waals surface area contributed by atoms with Crippen LogP contribution >= 0.6 is 11.8 Å². The first-order valence-electron chi connectivity index (χ1n) is 5.26. The fourth-order valence-electron chi connectivity index (χ4n) is 1.05. The third-order valence-corrected chi connectivity index (χ3v) is 3.17. The van der Waals surface area contributed by atoms with E-state index in [2.05, 4.69) is 44.9 Å². The minimum Gasteiger partial charge on any atom is -0.312 e. The van der Waals surface area contributed by atoms with Crippen LogP contribution in [-0.4, -0.2) is 23.1 Å². The second-order valence-corrected chi connectivity index (χ2v) is 6.16. The summed E-state index contributed by atoms with van der Waals surface area (Å²) in [7, 11) is 0. The van der Waals surface area contributed by atoms with Crippen molar-refractivity contribution in [2.45, 2.75) is 51.8 Å². The van der Waals surface area contributed by atoms with Crippen LogP contribution in [0.5, 0.6) is 0 Å². The van der Waals surface area contributed by atoms with Gasteiger partial charge in [-0.3, -0.25) is 0 Å². The Morgan fingerprint density at radius 2 is 2.00 bits per heavy atom. The van der Waals surface area contributed by atoms with Crippen LogP contribution in [0, 0.1) is 11.8 Å². The summed E-state index contributed by atoms with van der Waals surface area (Å²) in [5.41, 5.74) is 0. The summed E-state index contributed by atoms with van der Waals surface area (Å²) in [6, 6.07) is 0.539. The summed E-state index contributed by atoms with van der Waals surface area (Å²) in [5, 5.41) is 3.47. The smallest absolute Gasteiger partial charge is 0.0267 e. The van der Waals surface area contributed by atoms with E-state index in [-0.39, 0.29) is 0 Å². The molecule has 0 fully saturated rings. The lowest BCUT2D eigenvalue weighted by atomic mass is 10.2. The van der Waals surface area contributed by atoms with Gasteiger partial charge in [-0.15, -0.1) is 11.8 Å². The van der Waals surface area contributed by atoms with E-state index in [1.165, 1.54) is 0 Å². The monoisotopic (exact) mass is 213 g/mol. The van der Waals surface area contributed by atoms with Crippen LogP contribution in [0.25, 0.3) is 0 Å². The van der Waals surface area contributed by atoms with Crippen molar-refractivity contribution in [3.8, 4) is 11.8 Å². The van der Waals surface area contributed by atoms with Crippen molar-refractivity contribution in [2.75, 3.05) is 12.3 Å². The van der Waals surface area contributed by atoms with Gasteiger partial charge in [-0.05, 0) is 13.5 Å². The highest BCUT2D eigenvalue weighted by Crippen LogP contribution is 2.24. The lowest BCUT2D eigenvalue weighted by molar-refractivity contribution is 0.585. The van der Waals surface area contributed by atoms with Crippen LogP contribution in [0.3, 0.4) is 0 Å². The zero-order valence-corrected chi connectivity index (χ0v) is 10.9. The Labute approximate surface area is 93.4 Å². The van der Waals surface area contributed by atoms with Crippen molar-refractivity contribution in [3.05, 3.63) is 0 Å². The van der Waals surface area contributed by atoms with Gasteiger partial charge in [-0.1, -0.05) is 27.7 Å². The highest BCUT2D eigenvalue weighted by molar-refractivity contribution is 8.00. The molecule has 0 heterocycles. The second-order valence-electron chi connectivity index (χ2n) is 4.31. The van der Waals surface area contributed by atoms with E-state index in [1.807, 2.05) is 18.7 Å². The lowest BCUT2D eigenvalue weighted by Gasteiger charge is -2.22. The van der Waals surface area contributed by atoms with E-state index < -0.39 is 0 Å². The number of thioether (sulfide) groups is 1. The van der Waals surface area contributed by atoms with Gasteiger partial charge in [0.05, 0.1) is 0 Å². The number of nitrogens with one attached hydrogen (secondary N) is 1. The molecule has 1 N–H and O–H groups in total. The molecular weight excluding hydrogens is 190 g/mol. The molecule has 82 valence electrons. The summed E-state index contributed by atoms with van der Waals surface area (Å²) in [6.07, 6.45) is 0.966. The molecule has 0 amide bonds. The van der Waals surface area contributed by atoms with Crippen molar-refractivity contribution < 1.29 is 0 Å². The highest BCUT2D eigenvalue weighted by Gasteiger charge is 2.14. The summed E-state index contributed by atoms with van der Waals surface area (Å²) in [5.74, 6) is 7.24. The van der Waals surface area contributed by atoms with Crippen LogP contribution in [0.15, 0.2) is 0 Å². The topological polar surface area (TPSA) is 12.0 Å². The Morgan fingerprint density at radius 1 is 1.36 bits per heavy atom. The van der Waals surface area contributed by atoms with Crippen LogP contribution in [0.1, 0.15) is 41.0 Å². The molecule has 0 bridgehead atoms. The standard InChI is InChI=1S/C12H23NS/c1-6-8-9-11(13-7-2)10-14-12(3,4)5/h11,13H,7,9-10H2,1-5H3. The number of hydrogen-bond donors (Lipinski definition) is 1. The molecule has 0 spiro atoms. The van der Waals surface area contributed by atoms with E-state index in [0.29, 0.717) is 10.8 Å². The largest absolute Gasteiger partial charge is 0.312 e. The molecule has 0 aliphatic heterocycles. The fourth-order valence-corrected chi connectivity index (χ4v) is 1.99. The first-order valence-corrected chi connectivity index (χ1v) is 6.25. The van der Waals surface area contributed by atoms with Gasteiger partial charge in [-0.25, -0.2) is 0 Å². The molecule has 0 saturated heterocycles. The molecule has 0 radical (unpaired) electrons. The molecule has 0 rings (SSSR count). The third-order valence-electron chi connectivity index (χ3n) is 1.74. The lowest BCUT2D eigenvalue weighted by Crippen LogP contribution is -2.32. The SMILES string of the molecule is CC#CCC(CSC(C)(C)C)NCC. The predicted octanol–water partition coefficient (Wildman–Crippen LogP) is 2.91. The Bertz CT molecular complexity index is 195. The Morgan fingerprint density at radius 3 is 2.43 bits per heavy atom. The Kier molecular flexibility index (Phi) is 7.13. The molecule has 1 nitrogen and oxygen atoms in total. The molecule has 0 aliphatic rings. The molecule has 0 saturated carbocycles. The Hall–Kier alpha value is -0.130. The van der Waals surface area contributed by atoms with E-state index in [1.54, 1.807) is 0 Å². The van der Waals surface area contributed by atoms with Crippen molar-refractivity contribution in [1.82, 2.24) is 5.32 Å². The van der Waals surface area contributed by atoms with Gasteiger partial charge in [0.15, 0.2) is 0 Å². The second kappa shape index (κ2) is 7.20. The predicted molar refractivity (Wildman–Crippen MR) is 67.7 cm³/mol. The maximum Gasteiger partial charge on any atom is 0.0267 e. The van der Waals surface area contributed by atoms with E-state index >= 15 is 0 Å². The number of rotatable bonds is 5. The van der Waals surface area contributed by atoms with Crippen molar-refractivity contribution >= 4 is 11.8 Å². The van der Waals surface area contributed by atoms with Crippen LogP contribution < -0.4 is 5.32 Å². The van der Waals surface area contributed by atoms with E-state index in [0.717, 1.165) is 18.7 Å². The minimum atomic E-state index is 0.354. The normalized spacial score (nSPS) is 13.2. The average molecular weight is 213 g/mol. The quantitative estimate of drug-likeness (QED) is 0.705. The zero-order valence-electron chi connectivity index (χ0n) is 10.1. The Balaban J connectivity index is 3.88. The molecule has 1 atom stereocenters. The maximum atomic E-state index is 3.47. The average Bonchev–Trinajstić information content (AvgIpc) is 2.08. The molecule has 0 aromatic carbocycles. The molecule has 0 aromatic rings. The van der Waals surface area contributed by atoms with Gasteiger partial charge in [-0.2, -0.15) is 11.8 Å². The third kappa shape index (κ3) is 8.47. The molecule has 14 heavy (non-hydrogen) atoms. The molecule has 1 unspecified atom stereocenters. The zero-order chi connectivity index (χ0) is 11.0. The van der Waals surface area contributed by atoms with Crippen molar-refractivity contribution in [2.24, 2.45) is 0 Å². The molecule has 0 aromatic heterocycles. The first kappa shape index (κ1) is 13.9. The van der Waals surface area contributed by atoms with Crippen molar-refractivity contribution in [3.63, 3.8) is 0 Å². The van der Waals surface area contributed by atoms with Gasteiger partial charge in [0.2, 0.25) is 0 Å². The van der Waals surface area contributed by atoms with E-state index in [9.17, 15) is 0 Å². The van der Waals surface area contributed by atoms with E-state index in [4.69, 9.17) is 0 Å². The van der Waals surface area contributed by atoms with Gasteiger partial charge in [0.25, 0.3) is 0 Å². The van der Waals surface area contributed by atoms with Gasteiger partial charge in [0.1, 0.15) is 0 Å². The minimum absolute atomic E-state index is 0.354. The molecule has 2 heteroatoms. The van der Waals surface area contributed by atoms with Crippen molar-refractivity contribution in [1.29, 1.82) is 0 Å². The summed E-state index contributed by atoms with van der Waals surface area (Å²) in [4.78, 5) is 0. The summed E-state index contributed by atoms with van der Waals surface area (Å²) < 4.78 is 0.354. The molecule has 0 aliphatic carbocycles. The van der Waals surface area contributed by atoms with Crippen LogP contribution in [-0.2, 0) is 0 Å².